The molecule has 6 heteroatoms. The molecule has 1 aliphatic rings. The Labute approximate surface area is 141 Å². The van der Waals surface area contributed by atoms with Crippen molar-refractivity contribution >= 4 is 23.5 Å². The van der Waals surface area contributed by atoms with Gasteiger partial charge in [0.15, 0.2) is 0 Å². The fourth-order valence-corrected chi connectivity index (χ4v) is 2.79. The summed E-state index contributed by atoms with van der Waals surface area (Å²) in [6, 6.07) is 9.06. The SMILES string of the molecule is C=CC(=O)N1CCC(C(=O)N(CC(=O)OC)c2ccccc2)CC1. The summed E-state index contributed by atoms with van der Waals surface area (Å²) in [6.45, 7) is 4.39. The fourth-order valence-electron chi connectivity index (χ4n) is 2.79. The number of hydrogen-bond donors (Lipinski definition) is 0. The highest BCUT2D eigenvalue weighted by Crippen LogP contribution is 2.23. The van der Waals surface area contributed by atoms with Gasteiger partial charge in [0.25, 0.3) is 0 Å². The van der Waals surface area contributed by atoms with Crippen molar-refractivity contribution in [2.75, 3.05) is 31.6 Å². The number of para-hydroxylation sites is 1. The van der Waals surface area contributed by atoms with E-state index in [-0.39, 0.29) is 24.3 Å². The molecule has 6 nitrogen and oxygen atoms in total. The first-order valence-corrected chi connectivity index (χ1v) is 7.91. The molecule has 1 aromatic rings. The summed E-state index contributed by atoms with van der Waals surface area (Å²) in [5, 5.41) is 0. The second-order valence-electron chi connectivity index (χ2n) is 5.64. The Morgan fingerprint density at radius 1 is 1.25 bits per heavy atom. The Hall–Kier alpha value is -2.63. The lowest BCUT2D eigenvalue weighted by molar-refractivity contribution is -0.140. The summed E-state index contributed by atoms with van der Waals surface area (Å²) in [7, 11) is 1.30. The summed E-state index contributed by atoms with van der Waals surface area (Å²) in [6.07, 6.45) is 2.43. The summed E-state index contributed by atoms with van der Waals surface area (Å²) in [5.41, 5.74) is 0.664. The Bertz CT molecular complexity index is 607. The van der Waals surface area contributed by atoms with Crippen molar-refractivity contribution in [3.8, 4) is 0 Å². The third-order valence-corrected chi connectivity index (χ3v) is 4.18. The van der Waals surface area contributed by atoms with E-state index >= 15 is 0 Å². The molecule has 1 fully saturated rings. The number of ether oxygens (including phenoxy) is 1. The first kappa shape index (κ1) is 17.7. The van der Waals surface area contributed by atoms with Crippen LogP contribution in [0.2, 0.25) is 0 Å². The summed E-state index contributed by atoms with van der Waals surface area (Å²) in [5.74, 6) is -0.914. The minimum absolute atomic E-state index is 0.114. The van der Waals surface area contributed by atoms with Gasteiger partial charge < -0.3 is 14.5 Å². The number of nitrogens with zero attached hydrogens (tertiary/aromatic N) is 2. The standard InChI is InChI=1S/C18H22N2O4/c1-3-16(21)19-11-9-14(10-12-19)18(23)20(13-17(22)24-2)15-7-5-4-6-8-15/h3-8,14H,1,9-13H2,2H3. The number of carbonyl (C=O) groups is 3. The Morgan fingerprint density at radius 2 is 1.88 bits per heavy atom. The number of methoxy groups -OCH3 is 1. The molecular weight excluding hydrogens is 308 g/mol. The lowest BCUT2D eigenvalue weighted by Crippen LogP contribution is -2.45. The van der Waals surface area contributed by atoms with Gasteiger partial charge in [-0.05, 0) is 31.1 Å². The van der Waals surface area contributed by atoms with E-state index < -0.39 is 5.97 Å². The van der Waals surface area contributed by atoms with E-state index in [9.17, 15) is 14.4 Å². The second-order valence-corrected chi connectivity index (χ2v) is 5.64. The van der Waals surface area contributed by atoms with Crippen molar-refractivity contribution in [2.45, 2.75) is 12.8 Å². The van der Waals surface area contributed by atoms with Crippen LogP contribution in [-0.4, -0.2) is 49.4 Å². The molecule has 0 radical (unpaired) electrons. The monoisotopic (exact) mass is 330 g/mol. The molecular formula is C18H22N2O4. The topological polar surface area (TPSA) is 66.9 Å². The predicted octanol–water partition coefficient (Wildman–Crippen LogP) is 1.62. The molecule has 128 valence electrons. The van der Waals surface area contributed by atoms with Gasteiger partial charge in [-0.1, -0.05) is 24.8 Å². The minimum Gasteiger partial charge on any atom is -0.468 e. The molecule has 0 bridgehead atoms. The van der Waals surface area contributed by atoms with Crippen molar-refractivity contribution in [1.29, 1.82) is 0 Å². The molecule has 0 saturated carbocycles. The van der Waals surface area contributed by atoms with Gasteiger partial charge >= 0.3 is 5.97 Å². The number of anilines is 1. The Kier molecular flexibility index (Phi) is 6.12. The van der Waals surface area contributed by atoms with Gasteiger partial charge in [0.2, 0.25) is 11.8 Å². The Morgan fingerprint density at radius 3 is 2.42 bits per heavy atom. The number of benzene rings is 1. The zero-order chi connectivity index (χ0) is 17.5. The van der Waals surface area contributed by atoms with Crippen LogP contribution in [0.3, 0.4) is 0 Å². The lowest BCUT2D eigenvalue weighted by Gasteiger charge is -2.33. The third-order valence-electron chi connectivity index (χ3n) is 4.18. The molecule has 2 amide bonds. The smallest absolute Gasteiger partial charge is 0.325 e. The first-order chi connectivity index (χ1) is 11.6. The van der Waals surface area contributed by atoms with Crippen LogP contribution in [0.15, 0.2) is 43.0 Å². The lowest BCUT2D eigenvalue weighted by atomic mass is 9.95. The second kappa shape index (κ2) is 8.29. The van der Waals surface area contributed by atoms with Gasteiger partial charge in [0.1, 0.15) is 6.54 Å². The number of carbonyl (C=O) groups excluding carboxylic acids is 3. The van der Waals surface area contributed by atoms with Crippen LogP contribution in [0.1, 0.15) is 12.8 Å². The van der Waals surface area contributed by atoms with E-state index in [4.69, 9.17) is 4.74 Å². The zero-order valence-electron chi connectivity index (χ0n) is 13.8. The minimum atomic E-state index is -0.466. The highest BCUT2D eigenvalue weighted by atomic mass is 16.5. The largest absolute Gasteiger partial charge is 0.468 e. The van der Waals surface area contributed by atoms with E-state index in [2.05, 4.69) is 6.58 Å². The van der Waals surface area contributed by atoms with Crippen LogP contribution < -0.4 is 4.90 Å². The third kappa shape index (κ3) is 4.22. The number of esters is 1. The summed E-state index contributed by atoms with van der Waals surface area (Å²) >= 11 is 0. The average molecular weight is 330 g/mol. The molecule has 2 rings (SSSR count). The van der Waals surface area contributed by atoms with E-state index in [1.165, 1.54) is 18.1 Å². The van der Waals surface area contributed by atoms with Gasteiger partial charge in [-0.2, -0.15) is 0 Å². The molecule has 0 N–H and O–H groups in total. The molecule has 24 heavy (non-hydrogen) atoms. The highest BCUT2D eigenvalue weighted by Gasteiger charge is 2.31. The molecule has 0 unspecified atom stereocenters. The number of amides is 2. The molecule has 1 saturated heterocycles. The van der Waals surface area contributed by atoms with Crippen molar-refractivity contribution in [2.24, 2.45) is 5.92 Å². The Balaban J connectivity index is 2.09. The van der Waals surface area contributed by atoms with Crippen molar-refractivity contribution in [3.63, 3.8) is 0 Å². The van der Waals surface area contributed by atoms with E-state index in [0.29, 0.717) is 31.6 Å². The molecule has 0 atom stereocenters. The number of hydrogen-bond acceptors (Lipinski definition) is 4. The predicted molar refractivity (Wildman–Crippen MR) is 90.3 cm³/mol. The van der Waals surface area contributed by atoms with Gasteiger partial charge in [-0.25, -0.2) is 0 Å². The number of piperidine rings is 1. The van der Waals surface area contributed by atoms with E-state index in [1.54, 1.807) is 17.0 Å². The average Bonchev–Trinajstić information content (AvgIpc) is 2.65. The zero-order valence-corrected chi connectivity index (χ0v) is 13.8. The molecule has 0 spiro atoms. The first-order valence-electron chi connectivity index (χ1n) is 7.91. The maximum absolute atomic E-state index is 12.9. The molecule has 1 heterocycles. The van der Waals surface area contributed by atoms with Crippen LogP contribution in [0.25, 0.3) is 0 Å². The maximum atomic E-state index is 12.9. The molecule has 0 aliphatic carbocycles. The van der Waals surface area contributed by atoms with Crippen LogP contribution in [0.5, 0.6) is 0 Å². The van der Waals surface area contributed by atoms with Crippen molar-refractivity contribution in [3.05, 3.63) is 43.0 Å². The normalized spacial score (nSPS) is 14.8. The number of likely N-dealkylation sites (tertiary alicyclic amines) is 1. The van der Waals surface area contributed by atoms with Crippen LogP contribution >= 0.6 is 0 Å². The van der Waals surface area contributed by atoms with Crippen LogP contribution in [-0.2, 0) is 19.1 Å². The van der Waals surface area contributed by atoms with Crippen molar-refractivity contribution in [1.82, 2.24) is 4.90 Å². The highest BCUT2D eigenvalue weighted by molar-refractivity contribution is 5.99. The van der Waals surface area contributed by atoms with Crippen LogP contribution in [0.4, 0.5) is 5.69 Å². The van der Waals surface area contributed by atoms with Gasteiger partial charge in [0.05, 0.1) is 7.11 Å². The molecule has 1 aliphatic heterocycles. The van der Waals surface area contributed by atoms with Gasteiger partial charge in [-0.3, -0.25) is 14.4 Å². The molecule has 0 aromatic heterocycles. The van der Waals surface area contributed by atoms with Crippen LogP contribution in [0, 0.1) is 5.92 Å². The summed E-state index contributed by atoms with van der Waals surface area (Å²) < 4.78 is 4.71. The maximum Gasteiger partial charge on any atom is 0.325 e. The quantitative estimate of drug-likeness (QED) is 0.608. The molecule has 1 aromatic carbocycles. The summed E-state index contributed by atoms with van der Waals surface area (Å²) in [4.78, 5) is 39.4. The van der Waals surface area contributed by atoms with E-state index in [1.807, 2.05) is 18.2 Å². The van der Waals surface area contributed by atoms with E-state index in [0.717, 1.165) is 0 Å². The number of rotatable bonds is 5. The van der Waals surface area contributed by atoms with Gasteiger partial charge in [0, 0.05) is 24.7 Å². The van der Waals surface area contributed by atoms with Crippen molar-refractivity contribution < 1.29 is 19.1 Å². The van der Waals surface area contributed by atoms with Gasteiger partial charge in [-0.15, -0.1) is 0 Å². The fraction of sp³-hybridized carbons (Fsp3) is 0.389.